The summed E-state index contributed by atoms with van der Waals surface area (Å²) in [6.07, 6.45) is 2.97. The number of likely N-dealkylation sites (N-methyl/N-ethyl adjacent to an activating group) is 2. The van der Waals surface area contributed by atoms with E-state index in [1.54, 1.807) is 0 Å². The van der Waals surface area contributed by atoms with Crippen molar-refractivity contribution in [3.05, 3.63) is 0 Å². The molecule has 0 aromatic heterocycles. The van der Waals surface area contributed by atoms with Crippen LogP contribution in [0.15, 0.2) is 0 Å². The molecular weight excluding hydrogens is 228 g/mol. The SMILES string of the molecule is CN1CCN(C)C(CNC(=O)CC2CCCN2)C1. The molecule has 2 aliphatic rings. The molecule has 0 radical (unpaired) electrons. The quantitative estimate of drug-likeness (QED) is 0.709. The highest BCUT2D eigenvalue weighted by atomic mass is 16.1. The molecule has 2 rings (SSSR count). The van der Waals surface area contributed by atoms with E-state index in [2.05, 4.69) is 34.5 Å². The number of nitrogens with zero attached hydrogens (tertiary/aromatic N) is 2. The maximum atomic E-state index is 11.8. The Morgan fingerprint density at radius 3 is 2.94 bits per heavy atom. The first kappa shape index (κ1) is 13.8. The molecule has 2 aliphatic heterocycles. The molecule has 0 spiro atoms. The van der Waals surface area contributed by atoms with E-state index in [0.717, 1.165) is 39.1 Å². The lowest BCUT2D eigenvalue weighted by molar-refractivity contribution is -0.121. The molecule has 2 atom stereocenters. The van der Waals surface area contributed by atoms with Gasteiger partial charge in [0.2, 0.25) is 5.91 Å². The lowest BCUT2D eigenvalue weighted by Crippen LogP contribution is -2.54. The smallest absolute Gasteiger partial charge is 0.221 e. The third kappa shape index (κ3) is 3.93. The van der Waals surface area contributed by atoms with Crippen LogP contribution in [0.2, 0.25) is 0 Å². The largest absolute Gasteiger partial charge is 0.354 e. The summed E-state index contributed by atoms with van der Waals surface area (Å²) in [6, 6.07) is 0.848. The number of carbonyl (C=O) groups is 1. The molecule has 0 saturated carbocycles. The topological polar surface area (TPSA) is 47.6 Å². The predicted molar refractivity (Wildman–Crippen MR) is 72.6 cm³/mol. The van der Waals surface area contributed by atoms with Crippen LogP contribution >= 0.6 is 0 Å². The minimum atomic E-state index is 0.191. The van der Waals surface area contributed by atoms with Crippen molar-refractivity contribution < 1.29 is 4.79 Å². The van der Waals surface area contributed by atoms with E-state index < -0.39 is 0 Å². The van der Waals surface area contributed by atoms with Gasteiger partial charge in [0.15, 0.2) is 0 Å². The highest BCUT2D eigenvalue weighted by Crippen LogP contribution is 2.09. The van der Waals surface area contributed by atoms with Crippen molar-refractivity contribution in [1.29, 1.82) is 0 Å². The van der Waals surface area contributed by atoms with Gasteiger partial charge in [0, 0.05) is 44.7 Å². The number of hydrogen-bond donors (Lipinski definition) is 2. The molecule has 104 valence electrons. The van der Waals surface area contributed by atoms with Gasteiger partial charge in [-0.25, -0.2) is 0 Å². The van der Waals surface area contributed by atoms with Gasteiger partial charge < -0.3 is 15.5 Å². The van der Waals surface area contributed by atoms with Crippen LogP contribution in [0.4, 0.5) is 0 Å². The summed E-state index contributed by atoms with van der Waals surface area (Å²) >= 11 is 0. The summed E-state index contributed by atoms with van der Waals surface area (Å²) in [5.41, 5.74) is 0. The Kier molecular flexibility index (Phi) is 4.97. The van der Waals surface area contributed by atoms with Crippen LogP contribution in [-0.4, -0.2) is 74.6 Å². The molecule has 2 saturated heterocycles. The van der Waals surface area contributed by atoms with Gasteiger partial charge >= 0.3 is 0 Å². The van der Waals surface area contributed by atoms with Gasteiger partial charge in [0.1, 0.15) is 0 Å². The van der Waals surface area contributed by atoms with Crippen molar-refractivity contribution in [2.45, 2.75) is 31.3 Å². The van der Waals surface area contributed by atoms with Crippen molar-refractivity contribution in [3.63, 3.8) is 0 Å². The number of nitrogens with one attached hydrogen (secondary N) is 2. The number of carbonyl (C=O) groups excluding carboxylic acids is 1. The Morgan fingerprint density at radius 2 is 2.22 bits per heavy atom. The van der Waals surface area contributed by atoms with Crippen molar-refractivity contribution >= 4 is 5.91 Å². The number of amides is 1. The van der Waals surface area contributed by atoms with E-state index in [0.29, 0.717) is 18.5 Å². The molecule has 1 amide bonds. The zero-order valence-corrected chi connectivity index (χ0v) is 11.6. The van der Waals surface area contributed by atoms with Gasteiger partial charge in [-0.15, -0.1) is 0 Å². The maximum Gasteiger partial charge on any atom is 0.221 e. The first-order chi connectivity index (χ1) is 8.65. The molecular formula is C13H26N4O. The Morgan fingerprint density at radius 1 is 1.39 bits per heavy atom. The molecule has 2 fully saturated rings. The monoisotopic (exact) mass is 254 g/mol. The summed E-state index contributed by atoms with van der Waals surface area (Å²) in [5, 5.41) is 6.44. The van der Waals surface area contributed by atoms with Crippen LogP contribution in [0, 0.1) is 0 Å². The lowest BCUT2D eigenvalue weighted by Gasteiger charge is -2.37. The third-order valence-corrected chi connectivity index (χ3v) is 4.11. The van der Waals surface area contributed by atoms with Crippen LogP contribution in [0.1, 0.15) is 19.3 Å². The van der Waals surface area contributed by atoms with Crippen LogP contribution < -0.4 is 10.6 Å². The Balaban J connectivity index is 1.67. The lowest BCUT2D eigenvalue weighted by atomic mass is 10.1. The second-order valence-electron chi connectivity index (χ2n) is 5.70. The van der Waals surface area contributed by atoms with Crippen LogP contribution in [0.25, 0.3) is 0 Å². The normalized spacial score (nSPS) is 30.6. The summed E-state index contributed by atoms with van der Waals surface area (Å²) in [7, 11) is 4.28. The van der Waals surface area contributed by atoms with Crippen LogP contribution in [0.3, 0.4) is 0 Å². The second kappa shape index (κ2) is 6.50. The van der Waals surface area contributed by atoms with E-state index in [1.807, 2.05) is 0 Å². The first-order valence-corrected chi connectivity index (χ1v) is 7.04. The van der Waals surface area contributed by atoms with Gasteiger partial charge in [0.05, 0.1) is 0 Å². The molecule has 2 N–H and O–H groups in total. The van der Waals surface area contributed by atoms with Gasteiger partial charge in [0.25, 0.3) is 0 Å². The fourth-order valence-corrected chi connectivity index (χ4v) is 2.78. The maximum absolute atomic E-state index is 11.8. The van der Waals surface area contributed by atoms with Gasteiger partial charge in [-0.3, -0.25) is 9.69 Å². The van der Waals surface area contributed by atoms with E-state index in [4.69, 9.17) is 0 Å². The molecule has 18 heavy (non-hydrogen) atoms. The van der Waals surface area contributed by atoms with Crippen molar-refractivity contribution in [2.75, 3.05) is 46.8 Å². The molecule has 5 heteroatoms. The fraction of sp³-hybridized carbons (Fsp3) is 0.923. The van der Waals surface area contributed by atoms with Crippen molar-refractivity contribution in [2.24, 2.45) is 0 Å². The number of rotatable bonds is 4. The van der Waals surface area contributed by atoms with Gasteiger partial charge in [-0.05, 0) is 33.5 Å². The summed E-state index contributed by atoms with van der Waals surface area (Å²) < 4.78 is 0. The molecule has 0 aromatic carbocycles. The third-order valence-electron chi connectivity index (χ3n) is 4.11. The highest BCUT2D eigenvalue weighted by molar-refractivity contribution is 5.76. The molecule has 0 aromatic rings. The number of hydrogen-bond acceptors (Lipinski definition) is 4. The molecule has 5 nitrogen and oxygen atoms in total. The highest BCUT2D eigenvalue weighted by Gasteiger charge is 2.23. The zero-order valence-electron chi connectivity index (χ0n) is 11.6. The van der Waals surface area contributed by atoms with E-state index in [9.17, 15) is 4.79 Å². The minimum absolute atomic E-state index is 0.191. The summed E-state index contributed by atoms with van der Waals surface area (Å²) in [6.45, 7) is 5.08. The predicted octanol–water partition coefficient (Wildman–Crippen LogP) is -0.509. The van der Waals surface area contributed by atoms with E-state index in [-0.39, 0.29) is 5.91 Å². The summed E-state index contributed by atoms with van der Waals surface area (Å²) in [4.78, 5) is 16.5. The fourth-order valence-electron chi connectivity index (χ4n) is 2.78. The number of piperazine rings is 1. The van der Waals surface area contributed by atoms with Crippen molar-refractivity contribution in [1.82, 2.24) is 20.4 Å². The standard InChI is InChI=1S/C13H26N4O/c1-16-6-7-17(2)12(10-16)9-15-13(18)8-11-4-3-5-14-11/h11-12,14H,3-10H2,1-2H3,(H,15,18). The van der Waals surface area contributed by atoms with Crippen LogP contribution in [-0.2, 0) is 4.79 Å². The molecule has 0 bridgehead atoms. The van der Waals surface area contributed by atoms with E-state index >= 15 is 0 Å². The van der Waals surface area contributed by atoms with Crippen molar-refractivity contribution in [3.8, 4) is 0 Å². The molecule has 0 aliphatic carbocycles. The average molecular weight is 254 g/mol. The van der Waals surface area contributed by atoms with E-state index in [1.165, 1.54) is 6.42 Å². The Bertz CT molecular complexity index is 278. The molecule has 2 heterocycles. The van der Waals surface area contributed by atoms with Gasteiger partial charge in [-0.1, -0.05) is 0 Å². The average Bonchev–Trinajstić information content (AvgIpc) is 2.83. The Labute approximate surface area is 110 Å². The first-order valence-electron chi connectivity index (χ1n) is 7.04. The minimum Gasteiger partial charge on any atom is -0.354 e. The van der Waals surface area contributed by atoms with Crippen LogP contribution in [0.5, 0.6) is 0 Å². The second-order valence-corrected chi connectivity index (χ2v) is 5.70. The van der Waals surface area contributed by atoms with Gasteiger partial charge in [-0.2, -0.15) is 0 Å². The Hall–Kier alpha value is -0.650. The molecule has 2 unspecified atom stereocenters. The zero-order chi connectivity index (χ0) is 13.0. The summed E-state index contributed by atoms with van der Waals surface area (Å²) in [5.74, 6) is 0.191.